The maximum absolute atomic E-state index is 12.6. The van der Waals surface area contributed by atoms with Crippen molar-refractivity contribution in [2.24, 2.45) is 0 Å². The van der Waals surface area contributed by atoms with E-state index in [-0.39, 0.29) is 6.09 Å². The largest absolute Gasteiger partial charge is 0.444 e. The fourth-order valence-electron chi connectivity index (χ4n) is 3.33. The molecule has 2 aliphatic heterocycles. The van der Waals surface area contributed by atoms with Crippen LogP contribution in [-0.2, 0) is 32.5 Å². The lowest BCUT2D eigenvalue weighted by Gasteiger charge is -2.31. The second-order valence-electron chi connectivity index (χ2n) is 8.09. The summed E-state index contributed by atoms with van der Waals surface area (Å²) in [4.78, 5) is 13.9. The Hall–Kier alpha value is -1.80. The lowest BCUT2D eigenvalue weighted by atomic mass is 9.99. The number of hydrogen-bond acceptors (Lipinski definition) is 5. The van der Waals surface area contributed by atoms with E-state index in [1.54, 1.807) is 11.0 Å². The minimum absolute atomic E-state index is 0.322. The summed E-state index contributed by atoms with van der Waals surface area (Å²) >= 11 is 0. The van der Waals surface area contributed by atoms with Crippen molar-refractivity contribution in [2.75, 3.05) is 24.5 Å². The van der Waals surface area contributed by atoms with Crippen molar-refractivity contribution in [1.29, 1.82) is 0 Å². The van der Waals surface area contributed by atoms with Gasteiger partial charge >= 0.3 is 6.09 Å². The maximum Gasteiger partial charge on any atom is 0.410 e. The molecule has 7 nitrogen and oxygen atoms in total. The number of anilines is 1. The zero-order valence-electron chi connectivity index (χ0n) is 16.2. The predicted octanol–water partition coefficient (Wildman–Crippen LogP) is 2.90. The minimum Gasteiger partial charge on any atom is -0.444 e. The molecule has 0 aromatic heterocycles. The van der Waals surface area contributed by atoms with Crippen LogP contribution in [0.4, 0.5) is 10.5 Å². The van der Waals surface area contributed by atoms with Crippen molar-refractivity contribution in [3.8, 4) is 0 Å². The summed E-state index contributed by atoms with van der Waals surface area (Å²) in [6, 6.07) is 5.51. The average molecular weight is 397 g/mol. The first-order valence-electron chi connectivity index (χ1n) is 9.33. The lowest BCUT2D eigenvalue weighted by Crippen LogP contribution is -2.40. The van der Waals surface area contributed by atoms with Crippen LogP contribution < -0.4 is 4.72 Å². The van der Waals surface area contributed by atoms with Gasteiger partial charge in [0.15, 0.2) is 0 Å². The van der Waals surface area contributed by atoms with Crippen LogP contribution in [0.25, 0.3) is 0 Å². The highest BCUT2D eigenvalue weighted by Crippen LogP contribution is 2.26. The minimum atomic E-state index is -3.42. The second kappa shape index (κ2) is 7.67. The number of sulfonamides is 1. The van der Waals surface area contributed by atoms with E-state index in [0.717, 1.165) is 11.1 Å². The van der Waals surface area contributed by atoms with Crippen molar-refractivity contribution >= 4 is 21.8 Å². The first-order chi connectivity index (χ1) is 12.6. The topological polar surface area (TPSA) is 84.9 Å². The Morgan fingerprint density at radius 1 is 1.22 bits per heavy atom. The third-order valence-corrected chi connectivity index (χ3v) is 6.61. The molecule has 0 radical (unpaired) electrons. The SMILES string of the molecule is CC(C)(C)OC(=O)N1CCc2cc(NS(=O)(=O)C3CCOCC3)ccc2C1. The summed E-state index contributed by atoms with van der Waals surface area (Å²) in [6.07, 6.45) is 1.38. The summed E-state index contributed by atoms with van der Waals surface area (Å²) in [7, 11) is -3.42. The van der Waals surface area contributed by atoms with Crippen LogP contribution in [0.2, 0.25) is 0 Å². The van der Waals surface area contributed by atoms with Crippen LogP contribution in [0.15, 0.2) is 18.2 Å². The lowest BCUT2D eigenvalue weighted by molar-refractivity contribution is 0.0224. The predicted molar refractivity (Wildman–Crippen MR) is 103 cm³/mol. The van der Waals surface area contributed by atoms with Crippen LogP contribution in [0, 0.1) is 0 Å². The smallest absolute Gasteiger partial charge is 0.410 e. The number of hydrogen-bond donors (Lipinski definition) is 1. The second-order valence-corrected chi connectivity index (χ2v) is 10.1. The fraction of sp³-hybridized carbons (Fsp3) is 0.632. The molecule has 0 atom stereocenters. The molecule has 0 spiro atoms. The molecule has 27 heavy (non-hydrogen) atoms. The Bertz CT molecular complexity index is 795. The molecule has 8 heteroatoms. The van der Waals surface area contributed by atoms with Crippen LogP contribution in [-0.4, -0.2) is 50.0 Å². The number of ether oxygens (including phenoxy) is 2. The number of carbonyl (C=O) groups excluding carboxylic acids is 1. The van der Waals surface area contributed by atoms with E-state index in [9.17, 15) is 13.2 Å². The van der Waals surface area contributed by atoms with Gasteiger partial charge in [0.2, 0.25) is 10.0 Å². The van der Waals surface area contributed by atoms with E-state index in [2.05, 4.69) is 4.72 Å². The van der Waals surface area contributed by atoms with E-state index < -0.39 is 20.9 Å². The Balaban J connectivity index is 1.67. The molecule has 1 saturated heterocycles. The fourth-order valence-corrected chi connectivity index (χ4v) is 4.77. The van der Waals surface area contributed by atoms with Gasteiger partial charge in [-0.15, -0.1) is 0 Å². The van der Waals surface area contributed by atoms with Crippen molar-refractivity contribution in [3.63, 3.8) is 0 Å². The number of rotatable bonds is 3. The number of nitrogens with one attached hydrogen (secondary N) is 1. The monoisotopic (exact) mass is 396 g/mol. The van der Waals surface area contributed by atoms with Gasteiger partial charge in [0.05, 0.1) is 5.25 Å². The molecule has 150 valence electrons. The molecule has 2 heterocycles. The first-order valence-corrected chi connectivity index (χ1v) is 10.9. The third kappa shape index (κ3) is 5.13. The van der Waals surface area contributed by atoms with Crippen molar-refractivity contribution < 1.29 is 22.7 Å². The molecule has 1 fully saturated rings. The molecular weight excluding hydrogens is 368 g/mol. The summed E-state index contributed by atoms with van der Waals surface area (Å²) in [5.74, 6) is 0. The molecular formula is C19H28N2O5S. The number of nitrogens with zero attached hydrogens (tertiary/aromatic N) is 1. The summed E-state index contributed by atoms with van der Waals surface area (Å²) < 4.78 is 38.5. The van der Waals surface area contributed by atoms with Crippen LogP contribution in [0.5, 0.6) is 0 Å². The molecule has 3 rings (SSSR count). The van der Waals surface area contributed by atoms with Gasteiger partial charge in [-0.1, -0.05) is 6.07 Å². The molecule has 1 aromatic carbocycles. The van der Waals surface area contributed by atoms with E-state index in [1.165, 1.54) is 0 Å². The van der Waals surface area contributed by atoms with Crippen molar-refractivity contribution in [3.05, 3.63) is 29.3 Å². The number of carbonyl (C=O) groups is 1. The number of fused-ring (bicyclic) bond motifs is 1. The van der Waals surface area contributed by atoms with Crippen molar-refractivity contribution in [1.82, 2.24) is 4.90 Å². The zero-order chi connectivity index (χ0) is 19.7. The zero-order valence-corrected chi connectivity index (χ0v) is 17.0. The average Bonchev–Trinajstić information content (AvgIpc) is 2.60. The highest BCUT2D eigenvalue weighted by Gasteiger charge is 2.29. The third-order valence-electron chi connectivity index (χ3n) is 4.74. The van der Waals surface area contributed by atoms with Crippen LogP contribution >= 0.6 is 0 Å². The summed E-state index contributed by atoms with van der Waals surface area (Å²) in [5, 5.41) is -0.412. The van der Waals surface area contributed by atoms with Gasteiger partial charge in [-0.2, -0.15) is 0 Å². The normalized spacial score (nSPS) is 18.7. The number of benzene rings is 1. The Labute approximate surface area is 161 Å². The molecule has 0 aliphatic carbocycles. The van der Waals surface area contributed by atoms with Gasteiger partial charge in [-0.05, 0) is 63.3 Å². The van der Waals surface area contributed by atoms with E-state index >= 15 is 0 Å². The molecule has 2 aliphatic rings. The molecule has 1 aromatic rings. The van der Waals surface area contributed by atoms with E-state index in [4.69, 9.17) is 9.47 Å². The molecule has 0 saturated carbocycles. The van der Waals surface area contributed by atoms with Gasteiger partial charge < -0.3 is 14.4 Å². The highest BCUT2D eigenvalue weighted by molar-refractivity contribution is 7.93. The molecule has 0 bridgehead atoms. The standard InChI is InChI=1S/C19H28N2O5S/c1-19(2,3)26-18(22)21-9-6-14-12-16(5-4-15(14)13-21)20-27(23,24)17-7-10-25-11-8-17/h4-5,12,17,20H,6-11,13H2,1-3H3. The quantitative estimate of drug-likeness (QED) is 0.849. The molecule has 0 unspecified atom stereocenters. The van der Waals surface area contributed by atoms with Gasteiger partial charge in [0, 0.05) is 32.0 Å². The first kappa shape index (κ1) is 19.9. The van der Waals surface area contributed by atoms with E-state index in [1.807, 2.05) is 32.9 Å². The summed E-state index contributed by atoms with van der Waals surface area (Å²) in [5.41, 5.74) is 2.12. The molecule has 1 N–H and O–H groups in total. The van der Waals surface area contributed by atoms with Gasteiger partial charge in [-0.25, -0.2) is 13.2 Å². The summed E-state index contributed by atoms with van der Waals surface area (Å²) in [6.45, 7) is 7.53. The van der Waals surface area contributed by atoms with Gasteiger partial charge in [-0.3, -0.25) is 4.72 Å². The molecule has 1 amide bonds. The van der Waals surface area contributed by atoms with Gasteiger partial charge in [0.1, 0.15) is 5.60 Å². The van der Waals surface area contributed by atoms with Crippen LogP contribution in [0.1, 0.15) is 44.7 Å². The highest BCUT2D eigenvalue weighted by atomic mass is 32.2. The van der Waals surface area contributed by atoms with Gasteiger partial charge in [0.25, 0.3) is 0 Å². The Morgan fingerprint density at radius 2 is 1.93 bits per heavy atom. The van der Waals surface area contributed by atoms with E-state index in [0.29, 0.717) is 51.3 Å². The Morgan fingerprint density at radius 3 is 2.59 bits per heavy atom. The van der Waals surface area contributed by atoms with Crippen molar-refractivity contribution in [2.45, 2.75) is 57.4 Å². The number of amides is 1. The van der Waals surface area contributed by atoms with Crippen LogP contribution in [0.3, 0.4) is 0 Å². The Kier molecular flexibility index (Phi) is 5.67. The maximum atomic E-state index is 12.6.